The van der Waals surface area contributed by atoms with E-state index in [1.165, 1.54) is 0 Å². The Balaban J connectivity index is 2.44. The Morgan fingerprint density at radius 1 is 0.667 bits per heavy atom. The van der Waals surface area contributed by atoms with Crippen molar-refractivity contribution in [3.63, 3.8) is 0 Å². The highest BCUT2D eigenvalue weighted by Gasteiger charge is 2.31. The number of benzene rings is 3. The molecule has 0 atom stereocenters. The first kappa shape index (κ1) is 27.5. The third-order valence-corrected chi connectivity index (χ3v) is 7.71. The van der Waals surface area contributed by atoms with E-state index in [-0.39, 0.29) is 27.6 Å². The fourth-order valence-corrected chi connectivity index (χ4v) is 4.75. The summed E-state index contributed by atoms with van der Waals surface area (Å²) in [5.74, 6) is -2.37. The molecule has 0 heterocycles. The summed E-state index contributed by atoms with van der Waals surface area (Å²) >= 11 is 3.43. The smallest absolute Gasteiger partial charge is 0.338 e. The Morgan fingerprint density at radius 2 is 0.972 bits per heavy atom. The first-order valence-corrected chi connectivity index (χ1v) is 12.7. The van der Waals surface area contributed by atoms with Crippen molar-refractivity contribution in [3.05, 3.63) is 86.4 Å². The summed E-state index contributed by atoms with van der Waals surface area (Å²) in [4.78, 5) is 26.9. The maximum absolute atomic E-state index is 12.6. The van der Waals surface area contributed by atoms with E-state index in [0.29, 0.717) is 27.0 Å². The molecule has 3 aromatic rings. The molecule has 0 spiro atoms. The summed E-state index contributed by atoms with van der Waals surface area (Å²) in [5, 5.41) is 20.5. The van der Waals surface area contributed by atoms with Crippen LogP contribution in [0.4, 0.5) is 17.1 Å². The van der Waals surface area contributed by atoms with Crippen molar-refractivity contribution in [3.8, 4) is 0 Å². The zero-order valence-corrected chi connectivity index (χ0v) is 23.7. The Hall–Kier alpha value is -3.12. The van der Waals surface area contributed by atoms with Gasteiger partial charge in [-0.1, -0.05) is 81.7 Å². The molecule has 5 nitrogen and oxygen atoms in total. The number of carboxylic acids is 2. The fourth-order valence-electron chi connectivity index (χ4n) is 4.36. The minimum atomic E-state index is -1.19. The maximum atomic E-state index is 12.6. The SMILES string of the molecule is Cc1c(Br)c(C)c(C(=O)O)c(N(c2ccc(C(C)(C)C)cc2)c2ccc(C(C)(C)C)cc2)c1C(=O)O. The van der Waals surface area contributed by atoms with Gasteiger partial charge in [-0.2, -0.15) is 0 Å². The van der Waals surface area contributed by atoms with E-state index in [0.717, 1.165) is 11.1 Å². The van der Waals surface area contributed by atoms with Crippen molar-refractivity contribution in [2.75, 3.05) is 4.90 Å². The van der Waals surface area contributed by atoms with Crippen molar-refractivity contribution >= 4 is 44.9 Å². The lowest BCUT2D eigenvalue weighted by molar-refractivity contribution is 0.0695. The van der Waals surface area contributed by atoms with E-state index in [1.807, 2.05) is 48.5 Å². The van der Waals surface area contributed by atoms with Gasteiger partial charge in [-0.05, 0) is 71.2 Å². The van der Waals surface area contributed by atoms with Gasteiger partial charge >= 0.3 is 11.9 Å². The summed E-state index contributed by atoms with van der Waals surface area (Å²) in [7, 11) is 0. The normalized spacial score (nSPS) is 11.9. The fraction of sp³-hybridized carbons (Fsp3) is 0.333. The average Bonchev–Trinajstić information content (AvgIpc) is 2.77. The van der Waals surface area contributed by atoms with E-state index in [1.54, 1.807) is 18.7 Å². The van der Waals surface area contributed by atoms with Crippen LogP contribution in [0.2, 0.25) is 0 Å². The van der Waals surface area contributed by atoms with E-state index in [9.17, 15) is 19.8 Å². The van der Waals surface area contributed by atoms with Gasteiger partial charge in [-0.3, -0.25) is 0 Å². The Kier molecular flexibility index (Phi) is 7.43. The van der Waals surface area contributed by atoms with Gasteiger partial charge in [0, 0.05) is 15.8 Å². The number of hydrogen-bond acceptors (Lipinski definition) is 3. The Bertz CT molecular complexity index is 1210. The molecule has 0 radical (unpaired) electrons. The highest BCUT2D eigenvalue weighted by Crippen LogP contribution is 2.44. The predicted molar refractivity (Wildman–Crippen MR) is 150 cm³/mol. The van der Waals surface area contributed by atoms with Gasteiger partial charge in [0.1, 0.15) is 0 Å². The topological polar surface area (TPSA) is 77.8 Å². The minimum absolute atomic E-state index is 0.0512. The number of carboxylic acid groups (broad SMARTS) is 2. The number of rotatable bonds is 5. The average molecular weight is 553 g/mol. The van der Waals surface area contributed by atoms with Crippen LogP contribution >= 0.6 is 15.9 Å². The van der Waals surface area contributed by atoms with Crippen molar-refractivity contribution < 1.29 is 19.8 Å². The highest BCUT2D eigenvalue weighted by molar-refractivity contribution is 9.10. The molecule has 3 aromatic carbocycles. The summed E-state index contributed by atoms with van der Waals surface area (Å²) in [6, 6.07) is 15.7. The zero-order chi connectivity index (χ0) is 27.2. The number of aromatic carboxylic acids is 2. The maximum Gasteiger partial charge on any atom is 0.338 e. The molecule has 0 saturated carbocycles. The molecule has 0 aliphatic heterocycles. The van der Waals surface area contributed by atoms with Crippen LogP contribution in [-0.4, -0.2) is 22.2 Å². The van der Waals surface area contributed by atoms with Crippen LogP contribution < -0.4 is 4.90 Å². The molecule has 0 saturated heterocycles. The second-order valence-electron chi connectivity index (χ2n) is 11.2. The quantitative estimate of drug-likeness (QED) is 0.332. The molecule has 0 aliphatic carbocycles. The Labute approximate surface area is 221 Å². The van der Waals surface area contributed by atoms with Crippen LogP contribution in [0.1, 0.15) is 84.5 Å². The predicted octanol–water partition coefficient (Wildman–Crippen LogP) is 8.53. The standard InChI is InChI=1S/C30H34BrNO4/c1-17-23(27(33)34)26(24(28(35)36)18(2)25(17)31)32(21-13-9-19(10-14-21)29(3,4)5)22-15-11-20(12-16-22)30(6,7)8/h9-16H,1-8H3,(H,33,34)(H,35,36). The monoisotopic (exact) mass is 551 g/mol. The number of hydrogen-bond donors (Lipinski definition) is 2. The second-order valence-corrected chi connectivity index (χ2v) is 12.0. The van der Waals surface area contributed by atoms with Gasteiger partial charge < -0.3 is 15.1 Å². The molecule has 0 aromatic heterocycles. The van der Waals surface area contributed by atoms with E-state index in [2.05, 4.69) is 57.5 Å². The molecule has 6 heteroatoms. The van der Waals surface area contributed by atoms with Crippen LogP contribution in [0.3, 0.4) is 0 Å². The third-order valence-electron chi connectivity index (χ3n) is 6.52. The molecule has 0 bridgehead atoms. The van der Waals surface area contributed by atoms with Crippen molar-refractivity contribution in [1.82, 2.24) is 0 Å². The molecule has 36 heavy (non-hydrogen) atoms. The van der Waals surface area contributed by atoms with Gasteiger partial charge in [0.25, 0.3) is 0 Å². The third kappa shape index (κ3) is 5.19. The van der Waals surface area contributed by atoms with E-state index in [4.69, 9.17) is 0 Å². The van der Waals surface area contributed by atoms with E-state index >= 15 is 0 Å². The molecule has 0 fully saturated rings. The summed E-state index contributed by atoms with van der Waals surface area (Å²) < 4.78 is 0.479. The Morgan fingerprint density at radius 3 is 1.22 bits per heavy atom. The molecule has 0 unspecified atom stereocenters. The highest BCUT2D eigenvalue weighted by atomic mass is 79.9. The lowest BCUT2D eigenvalue weighted by Crippen LogP contribution is -2.21. The van der Waals surface area contributed by atoms with E-state index < -0.39 is 11.9 Å². The first-order chi connectivity index (χ1) is 16.6. The van der Waals surface area contributed by atoms with Crippen LogP contribution in [0.5, 0.6) is 0 Å². The van der Waals surface area contributed by atoms with Crippen LogP contribution in [0, 0.1) is 13.8 Å². The van der Waals surface area contributed by atoms with Gasteiger partial charge in [-0.15, -0.1) is 0 Å². The lowest BCUT2D eigenvalue weighted by atomic mass is 9.86. The molecular weight excluding hydrogens is 518 g/mol. The van der Waals surface area contributed by atoms with Crippen LogP contribution in [-0.2, 0) is 10.8 Å². The number of carbonyl (C=O) groups is 2. The number of anilines is 3. The van der Waals surface area contributed by atoms with Crippen LogP contribution in [0.25, 0.3) is 0 Å². The summed E-state index contributed by atoms with van der Waals surface area (Å²) in [5.41, 5.74) is 4.45. The lowest BCUT2D eigenvalue weighted by Gasteiger charge is -2.31. The summed E-state index contributed by atoms with van der Waals surface area (Å²) in [6.07, 6.45) is 0. The molecule has 0 amide bonds. The first-order valence-electron chi connectivity index (χ1n) is 11.9. The van der Waals surface area contributed by atoms with Crippen molar-refractivity contribution in [2.24, 2.45) is 0 Å². The van der Waals surface area contributed by atoms with Gasteiger partial charge in [0.2, 0.25) is 0 Å². The molecule has 3 rings (SSSR count). The summed E-state index contributed by atoms with van der Waals surface area (Å²) in [6.45, 7) is 16.1. The molecule has 2 N–H and O–H groups in total. The number of halogens is 1. The molecular formula is C30H34BrNO4. The molecule has 190 valence electrons. The van der Waals surface area contributed by atoms with Gasteiger partial charge in [-0.25, -0.2) is 9.59 Å². The minimum Gasteiger partial charge on any atom is -0.478 e. The van der Waals surface area contributed by atoms with Gasteiger partial charge in [0.15, 0.2) is 0 Å². The van der Waals surface area contributed by atoms with Crippen molar-refractivity contribution in [1.29, 1.82) is 0 Å². The zero-order valence-electron chi connectivity index (χ0n) is 22.2. The molecule has 0 aliphatic rings. The van der Waals surface area contributed by atoms with Gasteiger partial charge in [0.05, 0.1) is 16.8 Å². The van der Waals surface area contributed by atoms with Crippen LogP contribution in [0.15, 0.2) is 53.0 Å². The number of nitrogens with zero attached hydrogens (tertiary/aromatic N) is 1. The second kappa shape index (κ2) is 9.74. The van der Waals surface area contributed by atoms with Crippen molar-refractivity contribution in [2.45, 2.75) is 66.2 Å². The largest absolute Gasteiger partial charge is 0.478 e.